The summed E-state index contributed by atoms with van der Waals surface area (Å²) in [5.41, 5.74) is 9.50. The number of aromatic hydroxyl groups is 1. The van der Waals surface area contributed by atoms with Crippen LogP contribution in [0.3, 0.4) is 0 Å². The van der Waals surface area contributed by atoms with Gasteiger partial charge in [0, 0.05) is 42.1 Å². The molecule has 1 fully saturated rings. The smallest absolute Gasteiger partial charge is 0.143 e. The molecule has 2 aromatic carbocycles. The minimum Gasteiger partial charge on any atom is -0.506 e. The molecule has 4 rings (SSSR count). The van der Waals surface area contributed by atoms with E-state index in [-0.39, 0.29) is 23.0 Å². The van der Waals surface area contributed by atoms with Gasteiger partial charge in [0.2, 0.25) is 0 Å². The molecular weight excluding hydrogens is 457 g/mol. The van der Waals surface area contributed by atoms with Crippen molar-refractivity contribution in [3.05, 3.63) is 71.4 Å². The van der Waals surface area contributed by atoms with Crippen LogP contribution in [0.25, 0.3) is 10.9 Å². The predicted molar refractivity (Wildman–Crippen MR) is 140 cm³/mol. The number of nitrogens with two attached hydrogens (primary N) is 2. The number of fused-ring (bicyclic) bond motifs is 1. The quantitative estimate of drug-likeness (QED) is 0.227. The van der Waals surface area contributed by atoms with Crippen molar-refractivity contribution in [3.63, 3.8) is 0 Å². The van der Waals surface area contributed by atoms with Gasteiger partial charge in [0.25, 0.3) is 0 Å². The van der Waals surface area contributed by atoms with Gasteiger partial charge in [0.05, 0.1) is 23.0 Å². The van der Waals surface area contributed by atoms with Gasteiger partial charge in [0.15, 0.2) is 0 Å². The summed E-state index contributed by atoms with van der Waals surface area (Å²) in [4.78, 5) is 4.30. The molecule has 0 aliphatic heterocycles. The second-order valence-electron chi connectivity index (χ2n) is 10.4. The van der Waals surface area contributed by atoms with Gasteiger partial charge < -0.3 is 26.5 Å². The van der Waals surface area contributed by atoms with Crippen molar-refractivity contribution in [2.24, 2.45) is 17.0 Å². The fourth-order valence-corrected chi connectivity index (χ4v) is 3.90. The van der Waals surface area contributed by atoms with E-state index in [4.69, 9.17) is 11.6 Å². The zero-order chi connectivity index (χ0) is 26.0. The minimum absolute atomic E-state index is 0.0389. The lowest BCUT2D eigenvalue weighted by molar-refractivity contribution is 0.378. The Morgan fingerprint density at radius 1 is 1.31 bits per heavy atom. The Morgan fingerprint density at radius 2 is 2.00 bits per heavy atom. The average molecular weight is 490 g/mol. The SMILES string of the molecule is CC(C)(C)CNc1c(C#N)cnc2c(O)cc(NC(/C(N)=C/N(N)C3CC3)c3ccc(F)cc3)cc12. The summed E-state index contributed by atoms with van der Waals surface area (Å²) in [5.74, 6) is 5.73. The number of rotatable bonds is 8. The van der Waals surface area contributed by atoms with Gasteiger partial charge in [-0.3, -0.25) is 4.98 Å². The number of hydrazine groups is 1. The highest BCUT2D eigenvalue weighted by Gasteiger charge is 2.26. The lowest BCUT2D eigenvalue weighted by Crippen LogP contribution is -2.30. The predicted octanol–water partition coefficient (Wildman–Crippen LogP) is 4.70. The lowest BCUT2D eigenvalue weighted by atomic mass is 9.96. The Labute approximate surface area is 210 Å². The molecule has 1 unspecified atom stereocenters. The van der Waals surface area contributed by atoms with Gasteiger partial charge >= 0.3 is 0 Å². The van der Waals surface area contributed by atoms with E-state index < -0.39 is 6.04 Å². The average Bonchev–Trinajstić information content (AvgIpc) is 3.66. The number of nitrogens with zero attached hydrogens (tertiary/aromatic N) is 3. The highest BCUT2D eigenvalue weighted by Crippen LogP contribution is 2.36. The third kappa shape index (κ3) is 5.78. The summed E-state index contributed by atoms with van der Waals surface area (Å²) in [6.45, 7) is 6.88. The van der Waals surface area contributed by atoms with Crippen LogP contribution in [0.15, 0.2) is 54.5 Å². The van der Waals surface area contributed by atoms with Crippen LogP contribution in [-0.2, 0) is 0 Å². The van der Waals surface area contributed by atoms with Crippen LogP contribution >= 0.6 is 0 Å². The van der Waals surface area contributed by atoms with Crippen molar-refractivity contribution in [3.8, 4) is 11.8 Å². The number of nitrogens with one attached hydrogen (secondary N) is 2. The normalized spacial score (nSPS) is 14.8. The number of nitriles is 1. The van der Waals surface area contributed by atoms with Crippen molar-refractivity contribution < 1.29 is 9.50 Å². The monoisotopic (exact) mass is 489 g/mol. The molecule has 188 valence electrons. The molecule has 0 amide bonds. The number of benzene rings is 2. The number of halogens is 1. The molecule has 1 aromatic heterocycles. The fourth-order valence-electron chi connectivity index (χ4n) is 3.90. The number of phenolic OH excluding ortho intramolecular Hbond substituents is 1. The Morgan fingerprint density at radius 3 is 2.61 bits per heavy atom. The molecule has 0 saturated heterocycles. The molecule has 1 saturated carbocycles. The summed E-state index contributed by atoms with van der Waals surface area (Å²) >= 11 is 0. The van der Waals surface area contributed by atoms with Gasteiger partial charge in [-0.1, -0.05) is 32.9 Å². The second kappa shape index (κ2) is 9.91. The topological polar surface area (TPSA) is 136 Å². The maximum atomic E-state index is 13.6. The molecule has 1 aliphatic carbocycles. The van der Waals surface area contributed by atoms with Crippen LogP contribution in [0.1, 0.15) is 50.8 Å². The van der Waals surface area contributed by atoms with Gasteiger partial charge in [-0.15, -0.1) is 0 Å². The highest BCUT2D eigenvalue weighted by molar-refractivity contribution is 5.99. The third-order valence-corrected chi connectivity index (χ3v) is 5.98. The van der Waals surface area contributed by atoms with Crippen LogP contribution in [-0.4, -0.2) is 27.7 Å². The van der Waals surface area contributed by atoms with E-state index in [0.717, 1.165) is 18.4 Å². The molecule has 9 heteroatoms. The van der Waals surface area contributed by atoms with E-state index in [2.05, 4.69) is 42.5 Å². The summed E-state index contributed by atoms with van der Waals surface area (Å²) in [6, 6.07) is 11.3. The molecular formula is C27H32FN7O. The largest absolute Gasteiger partial charge is 0.506 e. The van der Waals surface area contributed by atoms with Gasteiger partial charge in [-0.2, -0.15) is 5.26 Å². The molecule has 1 atom stereocenters. The summed E-state index contributed by atoms with van der Waals surface area (Å²) in [6.07, 6.45) is 5.15. The van der Waals surface area contributed by atoms with Gasteiger partial charge in [-0.05, 0) is 42.0 Å². The van der Waals surface area contributed by atoms with E-state index in [0.29, 0.717) is 40.1 Å². The first-order valence-electron chi connectivity index (χ1n) is 11.9. The van der Waals surface area contributed by atoms with E-state index in [1.807, 2.05) is 6.07 Å². The molecule has 36 heavy (non-hydrogen) atoms. The van der Waals surface area contributed by atoms with E-state index in [1.54, 1.807) is 29.4 Å². The Balaban J connectivity index is 1.77. The van der Waals surface area contributed by atoms with Crippen LogP contribution in [0.5, 0.6) is 5.75 Å². The zero-order valence-corrected chi connectivity index (χ0v) is 20.7. The van der Waals surface area contributed by atoms with Crippen LogP contribution in [0.4, 0.5) is 15.8 Å². The molecule has 0 radical (unpaired) electrons. The highest BCUT2D eigenvalue weighted by atomic mass is 19.1. The van der Waals surface area contributed by atoms with Gasteiger partial charge in [-0.25, -0.2) is 10.2 Å². The first-order chi connectivity index (χ1) is 17.1. The molecule has 0 spiro atoms. The summed E-state index contributed by atoms with van der Waals surface area (Å²) in [7, 11) is 0. The van der Waals surface area contributed by atoms with Crippen LogP contribution in [0, 0.1) is 22.6 Å². The molecule has 7 N–H and O–H groups in total. The number of phenols is 1. The Kier molecular flexibility index (Phi) is 6.91. The molecule has 1 heterocycles. The van der Waals surface area contributed by atoms with Crippen molar-refractivity contribution in [2.45, 2.75) is 45.7 Å². The molecule has 3 aromatic rings. The maximum Gasteiger partial charge on any atom is 0.143 e. The van der Waals surface area contributed by atoms with Crippen molar-refractivity contribution >= 4 is 22.3 Å². The molecule has 8 nitrogen and oxygen atoms in total. The number of hydrogen-bond donors (Lipinski definition) is 5. The Bertz CT molecular complexity index is 1320. The van der Waals surface area contributed by atoms with Crippen LogP contribution in [0.2, 0.25) is 0 Å². The van der Waals surface area contributed by atoms with Crippen molar-refractivity contribution in [1.82, 2.24) is 9.99 Å². The van der Waals surface area contributed by atoms with Crippen molar-refractivity contribution in [1.29, 1.82) is 5.26 Å². The second-order valence-corrected chi connectivity index (χ2v) is 10.4. The number of aromatic nitrogens is 1. The van der Waals surface area contributed by atoms with E-state index in [1.165, 1.54) is 18.3 Å². The third-order valence-electron chi connectivity index (χ3n) is 5.98. The first-order valence-corrected chi connectivity index (χ1v) is 11.9. The summed E-state index contributed by atoms with van der Waals surface area (Å²) in [5, 5.41) is 29.4. The van der Waals surface area contributed by atoms with E-state index in [9.17, 15) is 14.8 Å². The van der Waals surface area contributed by atoms with Crippen molar-refractivity contribution in [2.75, 3.05) is 17.2 Å². The number of hydrogen-bond acceptors (Lipinski definition) is 8. The standard InChI is InChI=1S/C27H32FN7O/c1-27(2,3)15-33-24-17(12-29)13-32-26-21(24)10-19(11-23(26)36)34-25(16-4-6-18(28)7-5-16)22(30)14-35(31)20-8-9-20/h4-7,10-11,13-14,20,25,34,36H,8-9,15,30-31H2,1-3H3,(H,32,33)/b22-14-. The maximum absolute atomic E-state index is 13.6. The zero-order valence-electron chi connectivity index (χ0n) is 20.7. The molecule has 1 aliphatic rings. The van der Waals surface area contributed by atoms with Crippen LogP contribution < -0.4 is 22.2 Å². The fraction of sp³-hybridized carbons (Fsp3) is 0.333. The van der Waals surface area contributed by atoms with Gasteiger partial charge in [0.1, 0.15) is 23.2 Å². The minimum atomic E-state index is -0.551. The Hall–Kier alpha value is -4.03. The molecule has 0 bridgehead atoms. The summed E-state index contributed by atoms with van der Waals surface area (Å²) < 4.78 is 13.6. The number of pyridine rings is 1. The lowest BCUT2D eigenvalue weighted by Gasteiger charge is -2.24. The van der Waals surface area contributed by atoms with E-state index >= 15 is 0 Å². The number of anilines is 2. The first kappa shape index (κ1) is 25.1.